The fourth-order valence-electron chi connectivity index (χ4n) is 1.55. The molecule has 13 heavy (non-hydrogen) atoms. The lowest BCUT2D eigenvalue weighted by Gasteiger charge is -2.16. The number of ether oxygens (including phenoxy) is 1. The van der Waals surface area contributed by atoms with Crippen molar-refractivity contribution in [3.05, 3.63) is 20.8 Å². The van der Waals surface area contributed by atoms with Gasteiger partial charge in [-0.2, -0.15) is 11.3 Å². The summed E-state index contributed by atoms with van der Waals surface area (Å²) in [5, 5.41) is 13.9. The normalized spacial score (nSPS) is 24.9. The SMILES string of the molecule is OC(c1cscc1Br)C1CCCO1. The Kier molecular flexibility index (Phi) is 3.03. The summed E-state index contributed by atoms with van der Waals surface area (Å²) in [5.41, 5.74) is 0.955. The van der Waals surface area contributed by atoms with Crippen molar-refractivity contribution in [1.29, 1.82) is 0 Å². The van der Waals surface area contributed by atoms with Crippen molar-refractivity contribution in [2.75, 3.05) is 6.61 Å². The van der Waals surface area contributed by atoms with Gasteiger partial charge in [-0.1, -0.05) is 0 Å². The first-order valence-corrected chi connectivity index (χ1v) is 6.04. The van der Waals surface area contributed by atoms with E-state index in [4.69, 9.17) is 4.74 Å². The van der Waals surface area contributed by atoms with Gasteiger partial charge >= 0.3 is 0 Å². The first-order valence-electron chi connectivity index (χ1n) is 4.30. The quantitative estimate of drug-likeness (QED) is 0.889. The van der Waals surface area contributed by atoms with Crippen molar-refractivity contribution in [3.8, 4) is 0 Å². The molecule has 0 spiro atoms. The Morgan fingerprint density at radius 1 is 1.62 bits per heavy atom. The lowest BCUT2D eigenvalue weighted by atomic mass is 10.1. The Bertz CT molecular complexity index is 281. The van der Waals surface area contributed by atoms with E-state index in [-0.39, 0.29) is 6.10 Å². The first kappa shape index (κ1) is 9.65. The van der Waals surface area contributed by atoms with Gasteiger partial charge in [-0.25, -0.2) is 0 Å². The fourth-order valence-corrected chi connectivity index (χ4v) is 3.12. The van der Waals surface area contributed by atoms with Gasteiger partial charge in [-0.15, -0.1) is 0 Å². The predicted octanol–water partition coefficient (Wildman–Crippen LogP) is 2.72. The van der Waals surface area contributed by atoms with Crippen LogP contribution < -0.4 is 0 Å². The van der Waals surface area contributed by atoms with Crippen molar-refractivity contribution in [2.45, 2.75) is 25.0 Å². The molecule has 1 fully saturated rings. The molecular weight excluding hydrogens is 252 g/mol. The molecule has 4 heteroatoms. The molecule has 1 saturated heterocycles. The molecule has 0 aliphatic carbocycles. The van der Waals surface area contributed by atoms with Gasteiger partial charge in [-0.3, -0.25) is 0 Å². The van der Waals surface area contributed by atoms with Crippen LogP contribution in [0.5, 0.6) is 0 Å². The molecule has 0 aromatic carbocycles. The van der Waals surface area contributed by atoms with Crippen molar-refractivity contribution in [1.82, 2.24) is 0 Å². The summed E-state index contributed by atoms with van der Waals surface area (Å²) in [4.78, 5) is 0. The smallest absolute Gasteiger partial charge is 0.107 e. The van der Waals surface area contributed by atoms with Gasteiger partial charge in [0.15, 0.2) is 0 Å². The van der Waals surface area contributed by atoms with Crippen LogP contribution in [-0.4, -0.2) is 17.8 Å². The van der Waals surface area contributed by atoms with Crippen LogP contribution in [0, 0.1) is 0 Å². The van der Waals surface area contributed by atoms with Crippen molar-refractivity contribution in [2.24, 2.45) is 0 Å². The maximum absolute atomic E-state index is 9.94. The van der Waals surface area contributed by atoms with Gasteiger partial charge in [-0.05, 0) is 34.2 Å². The van der Waals surface area contributed by atoms with E-state index >= 15 is 0 Å². The Labute approximate surface area is 89.7 Å². The molecule has 2 atom stereocenters. The molecule has 1 aromatic rings. The largest absolute Gasteiger partial charge is 0.386 e. The molecule has 2 rings (SSSR count). The second kappa shape index (κ2) is 4.09. The maximum atomic E-state index is 9.94. The van der Waals surface area contributed by atoms with Gasteiger partial charge in [0.1, 0.15) is 6.10 Å². The second-order valence-electron chi connectivity index (χ2n) is 3.17. The summed E-state index contributed by atoms with van der Waals surface area (Å²) in [5.74, 6) is 0. The molecule has 1 aliphatic rings. The van der Waals surface area contributed by atoms with Crippen LogP contribution >= 0.6 is 27.3 Å². The summed E-state index contributed by atoms with van der Waals surface area (Å²) in [6.07, 6.45) is 1.54. The number of aliphatic hydroxyl groups is 1. The van der Waals surface area contributed by atoms with E-state index < -0.39 is 6.10 Å². The Balaban J connectivity index is 2.12. The van der Waals surface area contributed by atoms with Crippen LogP contribution in [0.1, 0.15) is 24.5 Å². The average molecular weight is 263 g/mol. The lowest BCUT2D eigenvalue weighted by molar-refractivity contribution is -0.00271. The number of rotatable bonds is 2. The molecule has 0 radical (unpaired) electrons. The molecule has 1 aliphatic heterocycles. The third kappa shape index (κ3) is 1.96. The molecule has 0 bridgehead atoms. The molecule has 2 unspecified atom stereocenters. The van der Waals surface area contributed by atoms with Crippen LogP contribution in [0.15, 0.2) is 15.2 Å². The number of hydrogen-bond donors (Lipinski definition) is 1. The van der Waals surface area contributed by atoms with Crippen LogP contribution in [0.2, 0.25) is 0 Å². The topological polar surface area (TPSA) is 29.5 Å². The van der Waals surface area contributed by atoms with Crippen molar-refractivity contribution in [3.63, 3.8) is 0 Å². The third-order valence-corrected chi connectivity index (χ3v) is 4.03. The molecule has 1 aromatic heterocycles. The van der Waals surface area contributed by atoms with E-state index in [1.807, 2.05) is 10.8 Å². The molecule has 0 saturated carbocycles. The summed E-state index contributed by atoms with van der Waals surface area (Å²) < 4.78 is 6.41. The predicted molar refractivity (Wildman–Crippen MR) is 56.0 cm³/mol. The highest BCUT2D eigenvalue weighted by Crippen LogP contribution is 2.33. The summed E-state index contributed by atoms with van der Waals surface area (Å²) in [6, 6.07) is 0. The minimum atomic E-state index is -0.469. The number of hydrogen-bond acceptors (Lipinski definition) is 3. The van der Waals surface area contributed by atoms with Crippen molar-refractivity contribution >= 4 is 27.3 Å². The van der Waals surface area contributed by atoms with Crippen LogP contribution in [0.4, 0.5) is 0 Å². The van der Waals surface area contributed by atoms with Crippen LogP contribution in [0.25, 0.3) is 0 Å². The zero-order valence-corrected chi connectivity index (χ0v) is 9.47. The van der Waals surface area contributed by atoms with Crippen LogP contribution in [0.3, 0.4) is 0 Å². The number of halogens is 1. The lowest BCUT2D eigenvalue weighted by Crippen LogP contribution is -2.16. The third-order valence-electron chi connectivity index (χ3n) is 2.28. The standard InChI is InChI=1S/C9H11BrO2S/c10-7-5-13-4-6(7)9(11)8-2-1-3-12-8/h4-5,8-9,11H,1-3H2. The molecule has 1 N–H and O–H groups in total. The van der Waals surface area contributed by atoms with E-state index in [1.165, 1.54) is 0 Å². The Morgan fingerprint density at radius 2 is 2.46 bits per heavy atom. The highest BCUT2D eigenvalue weighted by Gasteiger charge is 2.26. The van der Waals surface area contributed by atoms with E-state index in [1.54, 1.807) is 11.3 Å². The van der Waals surface area contributed by atoms with Crippen molar-refractivity contribution < 1.29 is 9.84 Å². The molecule has 0 amide bonds. The molecule has 72 valence electrons. The molecule has 2 heterocycles. The van der Waals surface area contributed by atoms with E-state index in [0.29, 0.717) is 0 Å². The summed E-state index contributed by atoms with van der Waals surface area (Å²) in [6.45, 7) is 0.781. The average Bonchev–Trinajstić information content (AvgIpc) is 2.72. The zero-order chi connectivity index (χ0) is 9.26. The molecular formula is C9H11BrO2S. The van der Waals surface area contributed by atoms with E-state index in [2.05, 4.69) is 15.9 Å². The Hall–Kier alpha value is 0.1000. The maximum Gasteiger partial charge on any atom is 0.107 e. The minimum Gasteiger partial charge on any atom is -0.386 e. The van der Waals surface area contributed by atoms with E-state index in [9.17, 15) is 5.11 Å². The van der Waals surface area contributed by atoms with Gasteiger partial charge in [0, 0.05) is 22.0 Å². The Morgan fingerprint density at radius 3 is 3.00 bits per heavy atom. The first-order chi connectivity index (χ1) is 6.29. The van der Waals surface area contributed by atoms with Gasteiger partial charge < -0.3 is 9.84 Å². The van der Waals surface area contributed by atoms with Gasteiger partial charge in [0.25, 0.3) is 0 Å². The van der Waals surface area contributed by atoms with E-state index in [0.717, 1.165) is 29.5 Å². The number of thiophene rings is 1. The minimum absolute atomic E-state index is 0.00843. The fraction of sp³-hybridized carbons (Fsp3) is 0.556. The monoisotopic (exact) mass is 262 g/mol. The highest BCUT2D eigenvalue weighted by atomic mass is 79.9. The number of aliphatic hydroxyl groups excluding tert-OH is 1. The van der Waals surface area contributed by atoms with Gasteiger partial charge in [0.2, 0.25) is 0 Å². The van der Waals surface area contributed by atoms with Gasteiger partial charge in [0.05, 0.1) is 6.10 Å². The summed E-state index contributed by atoms with van der Waals surface area (Å²) in [7, 11) is 0. The highest BCUT2D eigenvalue weighted by molar-refractivity contribution is 9.10. The zero-order valence-electron chi connectivity index (χ0n) is 7.07. The second-order valence-corrected chi connectivity index (χ2v) is 4.77. The van der Waals surface area contributed by atoms with Crippen LogP contribution in [-0.2, 0) is 4.74 Å². The summed E-state index contributed by atoms with van der Waals surface area (Å²) >= 11 is 5.00. The molecule has 2 nitrogen and oxygen atoms in total.